The lowest BCUT2D eigenvalue weighted by molar-refractivity contribution is 0.0945. The van der Waals surface area contributed by atoms with Crippen molar-refractivity contribution in [2.75, 3.05) is 12.1 Å². The summed E-state index contributed by atoms with van der Waals surface area (Å²) in [6.45, 7) is 0.479. The summed E-state index contributed by atoms with van der Waals surface area (Å²) in [7, 11) is 0. The summed E-state index contributed by atoms with van der Waals surface area (Å²) in [6, 6.07) is 13.4. The molecule has 2 aromatic heterocycles. The van der Waals surface area contributed by atoms with Gasteiger partial charge in [0.05, 0.1) is 0 Å². The average molecular weight is 376 g/mol. The third-order valence-corrected chi connectivity index (χ3v) is 4.02. The molecule has 8 heteroatoms. The molecular formula is C20H16N4O4. The molecule has 0 saturated heterocycles. The topological polar surface area (TPSA) is 102 Å². The Kier molecular flexibility index (Phi) is 4.83. The van der Waals surface area contributed by atoms with E-state index in [-0.39, 0.29) is 24.1 Å². The van der Waals surface area contributed by atoms with Crippen LogP contribution in [-0.4, -0.2) is 28.6 Å². The zero-order valence-electron chi connectivity index (χ0n) is 14.7. The number of hydrogen-bond donors (Lipinski definition) is 2. The second-order valence-electron chi connectivity index (χ2n) is 5.97. The van der Waals surface area contributed by atoms with Crippen LogP contribution in [0.5, 0.6) is 11.5 Å². The molecule has 1 aromatic carbocycles. The van der Waals surface area contributed by atoms with E-state index in [1.54, 1.807) is 54.9 Å². The van der Waals surface area contributed by atoms with Crippen LogP contribution in [0.25, 0.3) is 0 Å². The zero-order valence-corrected chi connectivity index (χ0v) is 14.7. The monoisotopic (exact) mass is 376 g/mol. The van der Waals surface area contributed by atoms with Crippen molar-refractivity contribution in [3.63, 3.8) is 0 Å². The molecule has 3 aromatic rings. The summed E-state index contributed by atoms with van der Waals surface area (Å²) in [6.07, 6.45) is 3.33. The highest BCUT2D eigenvalue weighted by atomic mass is 16.7. The molecule has 3 heterocycles. The van der Waals surface area contributed by atoms with Crippen molar-refractivity contribution in [3.8, 4) is 11.5 Å². The Morgan fingerprint density at radius 2 is 1.79 bits per heavy atom. The van der Waals surface area contributed by atoms with E-state index in [0.717, 1.165) is 5.56 Å². The van der Waals surface area contributed by atoms with Gasteiger partial charge in [-0.15, -0.1) is 0 Å². The number of anilines is 1. The second kappa shape index (κ2) is 7.75. The van der Waals surface area contributed by atoms with Crippen LogP contribution >= 0.6 is 0 Å². The van der Waals surface area contributed by atoms with E-state index in [2.05, 4.69) is 20.6 Å². The zero-order chi connectivity index (χ0) is 19.3. The van der Waals surface area contributed by atoms with Crippen LogP contribution in [0.4, 0.5) is 5.69 Å². The predicted molar refractivity (Wildman–Crippen MR) is 100 cm³/mol. The van der Waals surface area contributed by atoms with Crippen LogP contribution in [0, 0.1) is 0 Å². The summed E-state index contributed by atoms with van der Waals surface area (Å²) in [5, 5.41) is 5.49. The van der Waals surface area contributed by atoms with Gasteiger partial charge in [0.2, 0.25) is 6.79 Å². The number of ether oxygens (including phenoxy) is 2. The molecule has 0 saturated carbocycles. The average Bonchev–Trinajstić information content (AvgIpc) is 3.21. The minimum Gasteiger partial charge on any atom is -0.454 e. The lowest BCUT2D eigenvalue weighted by Crippen LogP contribution is -2.25. The molecule has 0 atom stereocenters. The van der Waals surface area contributed by atoms with Crippen molar-refractivity contribution in [3.05, 3.63) is 77.9 Å². The van der Waals surface area contributed by atoms with Crippen molar-refractivity contribution < 1.29 is 19.1 Å². The molecule has 0 spiro atoms. The van der Waals surface area contributed by atoms with Crippen LogP contribution < -0.4 is 20.1 Å². The van der Waals surface area contributed by atoms with Crippen LogP contribution in [0.15, 0.2) is 60.9 Å². The molecule has 1 aliphatic rings. The van der Waals surface area contributed by atoms with Crippen molar-refractivity contribution >= 4 is 17.5 Å². The first kappa shape index (κ1) is 17.5. The first-order chi connectivity index (χ1) is 13.7. The number of nitrogens with zero attached hydrogens (tertiary/aromatic N) is 2. The van der Waals surface area contributed by atoms with E-state index in [1.165, 1.54) is 0 Å². The molecule has 2 amide bonds. The van der Waals surface area contributed by atoms with Crippen LogP contribution in [-0.2, 0) is 6.54 Å². The molecule has 0 fully saturated rings. The Bertz CT molecular complexity index is 1020. The Morgan fingerprint density at radius 3 is 2.61 bits per heavy atom. The van der Waals surface area contributed by atoms with Crippen molar-refractivity contribution in [1.29, 1.82) is 0 Å². The van der Waals surface area contributed by atoms with Crippen molar-refractivity contribution in [2.24, 2.45) is 0 Å². The molecule has 8 nitrogen and oxygen atoms in total. The number of carbonyl (C=O) groups is 2. The van der Waals surface area contributed by atoms with Gasteiger partial charge in [-0.1, -0.05) is 12.1 Å². The van der Waals surface area contributed by atoms with Crippen LogP contribution in [0.1, 0.15) is 26.5 Å². The van der Waals surface area contributed by atoms with Crippen LogP contribution in [0.2, 0.25) is 0 Å². The van der Waals surface area contributed by atoms with Crippen LogP contribution in [0.3, 0.4) is 0 Å². The number of benzene rings is 1. The number of aromatic nitrogens is 2. The number of fused-ring (bicyclic) bond motifs is 1. The molecule has 140 valence electrons. The highest BCUT2D eigenvalue weighted by Crippen LogP contribution is 2.34. The highest BCUT2D eigenvalue weighted by Gasteiger charge is 2.16. The van der Waals surface area contributed by atoms with Gasteiger partial charge >= 0.3 is 0 Å². The van der Waals surface area contributed by atoms with Gasteiger partial charge in [-0.05, 0) is 35.9 Å². The quantitative estimate of drug-likeness (QED) is 0.709. The molecule has 2 N–H and O–H groups in total. The molecule has 0 radical (unpaired) electrons. The highest BCUT2D eigenvalue weighted by molar-refractivity contribution is 6.04. The summed E-state index contributed by atoms with van der Waals surface area (Å²) in [5.41, 5.74) is 1.70. The van der Waals surface area contributed by atoms with E-state index in [9.17, 15) is 9.59 Å². The maximum Gasteiger partial charge on any atom is 0.274 e. The summed E-state index contributed by atoms with van der Waals surface area (Å²) in [4.78, 5) is 33.0. The number of pyridine rings is 2. The van der Waals surface area contributed by atoms with Gasteiger partial charge in [-0.3, -0.25) is 14.6 Å². The van der Waals surface area contributed by atoms with E-state index < -0.39 is 5.91 Å². The molecule has 1 aliphatic heterocycles. The lowest BCUT2D eigenvalue weighted by Gasteiger charge is -2.08. The minimum atomic E-state index is -0.430. The number of rotatable bonds is 5. The summed E-state index contributed by atoms with van der Waals surface area (Å²) in [5.74, 6) is 0.389. The van der Waals surface area contributed by atoms with Gasteiger partial charge in [0.25, 0.3) is 11.8 Å². The minimum absolute atomic E-state index is 0.131. The number of hydrogen-bond acceptors (Lipinski definition) is 6. The van der Waals surface area contributed by atoms with E-state index in [0.29, 0.717) is 23.7 Å². The molecule has 0 unspecified atom stereocenters. The van der Waals surface area contributed by atoms with Gasteiger partial charge in [0.15, 0.2) is 11.5 Å². The predicted octanol–water partition coefficient (Wildman–Crippen LogP) is 2.39. The summed E-state index contributed by atoms with van der Waals surface area (Å²) < 4.78 is 10.5. The molecule has 0 bridgehead atoms. The molecular weight excluding hydrogens is 360 g/mol. The third kappa shape index (κ3) is 3.90. The van der Waals surface area contributed by atoms with Gasteiger partial charge in [0, 0.05) is 30.7 Å². The SMILES string of the molecule is O=C(NCc1cccnc1)c1cccc(C(=O)Nc2ccc3c(c2)OCO3)n1. The fraction of sp³-hybridized carbons (Fsp3) is 0.100. The molecule has 28 heavy (non-hydrogen) atoms. The Balaban J connectivity index is 1.42. The number of nitrogens with one attached hydrogen (secondary N) is 2. The Hall–Kier alpha value is -3.94. The van der Waals surface area contributed by atoms with Gasteiger partial charge in [-0.2, -0.15) is 0 Å². The number of amides is 2. The maximum atomic E-state index is 12.5. The van der Waals surface area contributed by atoms with Gasteiger partial charge in [0.1, 0.15) is 11.4 Å². The van der Waals surface area contributed by atoms with E-state index >= 15 is 0 Å². The second-order valence-corrected chi connectivity index (χ2v) is 5.97. The van der Waals surface area contributed by atoms with Crippen molar-refractivity contribution in [2.45, 2.75) is 6.54 Å². The lowest BCUT2D eigenvalue weighted by atomic mass is 10.2. The fourth-order valence-corrected chi connectivity index (χ4v) is 2.63. The molecule has 0 aliphatic carbocycles. The first-order valence-corrected chi connectivity index (χ1v) is 8.54. The standard InChI is InChI=1S/C20H16N4O4/c25-19(22-11-13-3-2-8-21-10-13)15-4-1-5-16(24-15)20(26)23-14-6-7-17-18(9-14)28-12-27-17/h1-10H,11-12H2,(H,22,25)(H,23,26). The molecule has 4 rings (SSSR count). The largest absolute Gasteiger partial charge is 0.454 e. The maximum absolute atomic E-state index is 12.5. The Labute approximate surface area is 160 Å². The van der Waals surface area contributed by atoms with E-state index in [1.807, 2.05) is 6.07 Å². The van der Waals surface area contributed by atoms with E-state index in [4.69, 9.17) is 9.47 Å². The summed E-state index contributed by atoms with van der Waals surface area (Å²) >= 11 is 0. The first-order valence-electron chi connectivity index (χ1n) is 8.54. The van der Waals surface area contributed by atoms with Gasteiger partial charge in [-0.25, -0.2) is 4.98 Å². The third-order valence-electron chi connectivity index (χ3n) is 4.02. The fourth-order valence-electron chi connectivity index (χ4n) is 2.63. The van der Waals surface area contributed by atoms with Crippen molar-refractivity contribution in [1.82, 2.24) is 15.3 Å². The Morgan fingerprint density at radius 1 is 0.964 bits per heavy atom. The smallest absolute Gasteiger partial charge is 0.274 e. The van der Waals surface area contributed by atoms with Gasteiger partial charge < -0.3 is 20.1 Å². The number of carbonyl (C=O) groups excluding carboxylic acids is 2. The normalized spacial score (nSPS) is 11.7.